The highest BCUT2D eigenvalue weighted by Gasteiger charge is 2.27. The number of amides is 1. The maximum Gasteiger partial charge on any atom is 0.225 e. The molecule has 4 nitrogen and oxygen atoms in total. The van der Waals surface area contributed by atoms with Gasteiger partial charge in [-0.15, -0.1) is 0 Å². The molecule has 1 aliphatic rings. The summed E-state index contributed by atoms with van der Waals surface area (Å²) in [4.78, 5) is 12.6. The lowest BCUT2D eigenvalue weighted by molar-refractivity contribution is -0.125. The van der Waals surface area contributed by atoms with Crippen LogP contribution in [0.2, 0.25) is 0 Å². The number of carbonyl (C=O) groups excluding carboxylic acids is 1. The van der Waals surface area contributed by atoms with Gasteiger partial charge in [-0.1, -0.05) is 48.5 Å². The number of fused-ring (bicyclic) bond motifs is 1. The van der Waals surface area contributed by atoms with E-state index in [0.29, 0.717) is 0 Å². The topological polar surface area (TPSA) is 54.3 Å². The SMILES string of the molecule is O=C(NC(c1ccccc1)c1cc2ccccc2o1)C1CCNC1. The largest absolute Gasteiger partial charge is 0.459 e. The number of hydrogen-bond acceptors (Lipinski definition) is 3. The third kappa shape index (κ3) is 2.93. The molecule has 3 aromatic rings. The predicted molar refractivity (Wildman–Crippen MR) is 93.6 cm³/mol. The van der Waals surface area contributed by atoms with Crippen molar-refractivity contribution in [3.05, 3.63) is 72.0 Å². The van der Waals surface area contributed by atoms with Crippen LogP contribution in [0.15, 0.2) is 65.1 Å². The summed E-state index contributed by atoms with van der Waals surface area (Å²) in [6.45, 7) is 1.65. The molecule has 2 atom stereocenters. The summed E-state index contributed by atoms with van der Waals surface area (Å²) in [6.07, 6.45) is 0.882. The first-order valence-electron chi connectivity index (χ1n) is 8.36. The second kappa shape index (κ2) is 6.49. The average Bonchev–Trinajstić information content (AvgIpc) is 3.29. The van der Waals surface area contributed by atoms with Crippen molar-refractivity contribution in [2.75, 3.05) is 13.1 Å². The van der Waals surface area contributed by atoms with Crippen LogP contribution in [0.1, 0.15) is 23.8 Å². The fourth-order valence-electron chi connectivity index (χ4n) is 3.25. The van der Waals surface area contributed by atoms with Crippen LogP contribution in [0.5, 0.6) is 0 Å². The van der Waals surface area contributed by atoms with Crippen molar-refractivity contribution in [3.63, 3.8) is 0 Å². The predicted octanol–water partition coefficient (Wildman–Crippen LogP) is 3.25. The van der Waals surface area contributed by atoms with E-state index in [0.717, 1.165) is 41.8 Å². The monoisotopic (exact) mass is 320 g/mol. The van der Waals surface area contributed by atoms with Gasteiger partial charge in [-0.3, -0.25) is 4.79 Å². The Balaban J connectivity index is 1.68. The molecule has 2 unspecified atom stereocenters. The molecule has 24 heavy (non-hydrogen) atoms. The van der Waals surface area contributed by atoms with Crippen molar-refractivity contribution >= 4 is 16.9 Å². The van der Waals surface area contributed by atoms with Gasteiger partial charge < -0.3 is 15.1 Å². The second-order valence-corrected chi connectivity index (χ2v) is 6.23. The molecule has 0 saturated carbocycles. The van der Waals surface area contributed by atoms with E-state index in [4.69, 9.17) is 4.42 Å². The molecule has 2 heterocycles. The molecule has 0 bridgehead atoms. The first-order chi connectivity index (χ1) is 11.8. The summed E-state index contributed by atoms with van der Waals surface area (Å²) >= 11 is 0. The molecule has 0 radical (unpaired) electrons. The molecular formula is C20H20N2O2. The van der Waals surface area contributed by atoms with Crippen molar-refractivity contribution < 1.29 is 9.21 Å². The van der Waals surface area contributed by atoms with E-state index in [2.05, 4.69) is 10.6 Å². The Labute approximate surface area is 140 Å². The molecule has 4 rings (SSSR count). The first kappa shape index (κ1) is 15.0. The van der Waals surface area contributed by atoms with E-state index in [1.54, 1.807) is 0 Å². The van der Waals surface area contributed by atoms with Crippen LogP contribution in [0.25, 0.3) is 11.0 Å². The fourth-order valence-corrected chi connectivity index (χ4v) is 3.25. The Morgan fingerprint density at radius 2 is 1.92 bits per heavy atom. The van der Waals surface area contributed by atoms with Crippen LogP contribution in [-0.4, -0.2) is 19.0 Å². The van der Waals surface area contributed by atoms with Gasteiger partial charge in [0.15, 0.2) is 0 Å². The van der Waals surface area contributed by atoms with E-state index in [1.807, 2.05) is 60.7 Å². The summed E-state index contributed by atoms with van der Waals surface area (Å²) in [5.41, 5.74) is 1.86. The zero-order valence-corrected chi connectivity index (χ0v) is 13.4. The Morgan fingerprint density at radius 3 is 2.67 bits per heavy atom. The zero-order chi connectivity index (χ0) is 16.4. The van der Waals surface area contributed by atoms with E-state index in [1.165, 1.54) is 0 Å². The van der Waals surface area contributed by atoms with E-state index in [-0.39, 0.29) is 17.9 Å². The molecule has 1 fully saturated rings. The van der Waals surface area contributed by atoms with Crippen LogP contribution in [0.3, 0.4) is 0 Å². The number of benzene rings is 2. The van der Waals surface area contributed by atoms with Crippen LogP contribution >= 0.6 is 0 Å². The number of rotatable bonds is 4. The van der Waals surface area contributed by atoms with Gasteiger partial charge in [0.05, 0.1) is 5.92 Å². The molecule has 1 amide bonds. The average molecular weight is 320 g/mol. The number of nitrogens with one attached hydrogen (secondary N) is 2. The fraction of sp³-hybridized carbons (Fsp3) is 0.250. The van der Waals surface area contributed by atoms with Gasteiger partial charge in [-0.05, 0) is 30.7 Å². The minimum absolute atomic E-state index is 0.0283. The summed E-state index contributed by atoms with van der Waals surface area (Å²) in [5, 5.41) is 7.47. The molecule has 4 heteroatoms. The van der Waals surface area contributed by atoms with Crippen LogP contribution < -0.4 is 10.6 Å². The van der Waals surface area contributed by atoms with Crippen molar-refractivity contribution in [2.45, 2.75) is 12.5 Å². The summed E-state index contributed by atoms with van der Waals surface area (Å²) < 4.78 is 6.02. The normalized spacial score (nSPS) is 18.6. The minimum Gasteiger partial charge on any atom is -0.459 e. The molecule has 2 aromatic carbocycles. The first-order valence-corrected chi connectivity index (χ1v) is 8.36. The Hall–Kier alpha value is -2.59. The number of carbonyl (C=O) groups is 1. The van der Waals surface area contributed by atoms with Crippen molar-refractivity contribution in [2.24, 2.45) is 5.92 Å². The van der Waals surface area contributed by atoms with Gasteiger partial charge in [0.2, 0.25) is 5.91 Å². The third-order valence-electron chi connectivity index (χ3n) is 4.58. The number of furan rings is 1. The molecule has 0 spiro atoms. The van der Waals surface area contributed by atoms with Gasteiger partial charge >= 0.3 is 0 Å². The third-order valence-corrected chi connectivity index (χ3v) is 4.58. The van der Waals surface area contributed by atoms with E-state index in [9.17, 15) is 4.79 Å². The lowest BCUT2D eigenvalue weighted by Gasteiger charge is -2.19. The van der Waals surface area contributed by atoms with Crippen LogP contribution in [0.4, 0.5) is 0 Å². The number of para-hydroxylation sites is 1. The standard InChI is InChI=1S/C20H20N2O2/c23-20(16-10-11-21-13-16)22-19(14-6-2-1-3-7-14)18-12-15-8-4-5-9-17(15)24-18/h1-9,12,16,19,21H,10-11,13H2,(H,22,23). The van der Waals surface area contributed by atoms with Crippen molar-refractivity contribution in [1.82, 2.24) is 10.6 Å². The molecule has 1 aromatic heterocycles. The molecule has 122 valence electrons. The highest BCUT2D eigenvalue weighted by atomic mass is 16.3. The van der Waals surface area contributed by atoms with Crippen molar-refractivity contribution in [3.8, 4) is 0 Å². The summed E-state index contributed by atoms with van der Waals surface area (Å²) in [5.74, 6) is 0.872. The minimum atomic E-state index is -0.272. The Morgan fingerprint density at radius 1 is 1.12 bits per heavy atom. The quantitative estimate of drug-likeness (QED) is 0.776. The lowest BCUT2D eigenvalue weighted by atomic mass is 10.0. The lowest BCUT2D eigenvalue weighted by Crippen LogP contribution is -2.35. The summed E-state index contributed by atoms with van der Waals surface area (Å²) in [7, 11) is 0. The Kier molecular flexibility index (Phi) is 4.05. The van der Waals surface area contributed by atoms with Gasteiger partial charge in [0, 0.05) is 11.9 Å². The zero-order valence-electron chi connectivity index (χ0n) is 13.4. The maximum absolute atomic E-state index is 12.6. The second-order valence-electron chi connectivity index (χ2n) is 6.23. The smallest absolute Gasteiger partial charge is 0.225 e. The molecule has 1 aliphatic heterocycles. The summed E-state index contributed by atoms with van der Waals surface area (Å²) in [6, 6.07) is 19.6. The van der Waals surface area contributed by atoms with E-state index >= 15 is 0 Å². The molecular weight excluding hydrogens is 300 g/mol. The molecule has 2 N–H and O–H groups in total. The van der Waals surface area contributed by atoms with Crippen molar-refractivity contribution in [1.29, 1.82) is 0 Å². The Bertz CT molecular complexity index is 802. The van der Waals surface area contributed by atoms with Crippen LogP contribution in [0, 0.1) is 5.92 Å². The number of hydrogen-bond donors (Lipinski definition) is 2. The van der Waals surface area contributed by atoms with Gasteiger partial charge in [-0.2, -0.15) is 0 Å². The highest BCUT2D eigenvalue weighted by Crippen LogP contribution is 2.28. The van der Waals surface area contributed by atoms with Crippen LogP contribution in [-0.2, 0) is 4.79 Å². The molecule has 0 aliphatic carbocycles. The van der Waals surface area contributed by atoms with Gasteiger partial charge in [-0.25, -0.2) is 0 Å². The van der Waals surface area contributed by atoms with Gasteiger partial charge in [0.25, 0.3) is 0 Å². The van der Waals surface area contributed by atoms with E-state index < -0.39 is 0 Å². The van der Waals surface area contributed by atoms with Gasteiger partial charge in [0.1, 0.15) is 17.4 Å². The molecule has 1 saturated heterocycles. The highest BCUT2D eigenvalue weighted by molar-refractivity contribution is 5.81. The maximum atomic E-state index is 12.6.